The molecule has 2 N–H and O–H groups in total. The first-order chi connectivity index (χ1) is 6.72. The predicted molar refractivity (Wildman–Crippen MR) is 52.5 cm³/mol. The number of aromatic hydroxyl groups is 1. The number of nitrogens with zero attached hydrogens (tertiary/aromatic N) is 1. The van der Waals surface area contributed by atoms with Gasteiger partial charge in [-0.3, -0.25) is 4.79 Å². The van der Waals surface area contributed by atoms with E-state index >= 15 is 0 Å². The Labute approximate surface area is 82.0 Å². The van der Waals surface area contributed by atoms with E-state index in [0.29, 0.717) is 23.7 Å². The first kappa shape index (κ1) is 9.24. The van der Waals surface area contributed by atoms with Crippen molar-refractivity contribution >= 4 is 0 Å². The molecule has 1 fully saturated rings. The molecule has 0 bridgehead atoms. The number of nitrogens with one attached hydrogen (secondary N) is 1. The molecule has 0 aliphatic heterocycles. The summed E-state index contributed by atoms with van der Waals surface area (Å²) in [4.78, 5) is 18.3. The molecule has 0 atom stereocenters. The van der Waals surface area contributed by atoms with Crippen LogP contribution in [0.25, 0.3) is 0 Å². The van der Waals surface area contributed by atoms with Gasteiger partial charge in [0, 0.05) is 5.92 Å². The molecular formula is C10H14N2O2. The Morgan fingerprint density at radius 1 is 1.57 bits per heavy atom. The van der Waals surface area contributed by atoms with Gasteiger partial charge in [-0.05, 0) is 19.3 Å². The molecule has 0 saturated heterocycles. The normalized spacial score (nSPS) is 15.8. The maximum absolute atomic E-state index is 11.5. The molecular weight excluding hydrogens is 180 g/mol. The standard InChI is InChI=1S/C10H14N2O2/c1-2-3-7-9(13)11-8(6-4-5-6)12-10(7)14/h6H,2-5H2,1H3,(H2,11,12,13,14). The van der Waals surface area contributed by atoms with Gasteiger partial charge in [0.05, 0.1) is 5.56 Å². The summed E-state index contributed by atoms with van der Waals surface area (Å²) in [5, 5.41) is 9.55. The lowest BCUT2D eigenvalue weighted by Gasteiger charge is -2.03. The van der Waals surface area contributed by atoms with Gasteiger partial charge in [-0.25, -0.2) is 0 Å². The molecule has 2 rings (SSSR count). The van der Waals surface area contributed by atoms with Crippen LogP contribution in [0.3, 0.4) is 0 Å². The molecule has 1 heterocycles. The molecule has 1 aromatic heterocycles. The molecule has 0 amide bonds. The molecule has 1 aliphatic rings. The van der Waals surface area contributed by atoms with E-state index < -0.39 is 0 Å². The summed E-state index contributed by atoms with van der Waals surface area (Å²) >= 11 is 0. The Morgan fingerprint density at radius 2 is 2.29 bits per heavy atom. The van der Waals surface area contributed by atoms with Crippen molar-refractivity contribution in [3.05, 3.63) is 21.7 Å². The van der Waals surface area contributed by atoms with E-state index in [1.54, 1.807) is 0 Å². The minimum atomic E-state index is -0.179. The maximum Gasteiger partial charge on any atom is 0.257 e. The van der Waals surface area contributed by atoms with Gasteiger partial charge >= 0.3 is 0 Å². The van der Waals surface area contributed by atoms with Gasteiger partial charge in [-0.1, -0.05) is 13.3 Å². The molecule has 1 aromatic rings. The van der Waals surface area contributed by atoms with Crippen LogP contribution >= 0.6 is 0 Å². The number of hydrogen-bond acceptors (Lipinski definition) is 3. The third-order valence-corrected chi connectivity index (χ3v) is 2.48. The van der Waals surface area contributed by atoms with Crippen molar-refractivity contribution in [3.8, 4) is 5.88 Å². The molecule has 76 valence electrons. The fourth-order valence-electron chi connectivity index (χ4n) is 1.53. The smallest absolute Gasteiger partial charge is 0.257 e. The van der Waals surface area contributed by atoms with Gasteiger partial charge in [-0.2, -0.15) is 4.98 Å². The number of aromatic amines is 1. The van der Waals surface area contributed by atoms with Gasteiger partial charge in [0.1, 0.15) is 5.82 Å². The second-order valence-electron chi connectivity index (χ2n) is 3.78. The van der Waals surface area contributed by atoms with E-state index in [2.05, 4.69) is 9.97 Å². The Kier molecular flexibility index (Phi) is 2.27. The number of H-pyrrole nitrogens is 1. The topological polar surface area (TPSA) is 66.0 Å². The van der Waals surface area contributed by atoms with E-state index in [1.165, 1.54) is 0 Å². The highest BCUT2D eigenvalue weighted by Gasteiger charge is 2.27. The van der Waals surface area contributed by atoms with Crippen LogP contribution in [0.5, 0.6) is 5.88 Å². The Balaban J connectivity index is 2.39. The first-order valence-electron chi connectivity index (χ1n) is 5.04. The zero-order valence-electron chi connectivity index (χ0n) is 8.21. The van der Waals surface area contributed by atoms with Crippen LogP contribution in [-0.2, 0) is 6.42 Å². The predicted octanol–water partition coefficient (Wildman–Crippen LogP) is 1.31. The summed E-state index contributed by atoms with van der Waals surface area (Å²) in [7, 11) is 0. The Morgan fingerprint density at radius 3 is 2.79 bits per heavy atom. The van der Waals surface area contributed by atoms with Crippen LogP contribution in [0.2, 0.25) is 0 Å². The SMILES string of the molecule is CCCc1c(O)nc(C2CC2)[nH]c1=O. The van der Waals surface area contributed by atoms with Gasteiger partial charge in [0.25, 0.3) is 5.56 Å². The Hall–Kier alpha value is -1.32. The average molecular weight is 194 g/mol. The molecule has 4 heteroatoms. The van der Waals surface area contributed by atoms with Crippen LogP contribution in [-0.4, -0.2) is 15.1 Å². The molecule has 0 unspecified atom stereocenters. The van der Waals surface area contributed by atoms with E-state index in [9.17, 15) is 9.90 Å². The van der Waals surface area contributed by atoms with E-state index in [0.717, 1.165) is 19.3 Å². The second kappa shape index (κ2) is 3.44. The van der Waals surface area contributed by atoms with Crippen molar-refractivity contribution in [2.45, 2.75) is 38.5 Å². The zero-order chi connectivity index (χ0) is 10.1. The molecule has 0 spiro atoms. The van der Waals surface area contributed by atoms with E-state index in [-0.39, 0.29) is 11.4 Å². The molecule has 0 aromatic carbocycles. The minimum Gasteiger partial charge on any atom is -0.493 e. The molecule has 0 radical (unpaired) electrons. The molecule has 4 nitrogen and oxygen atoms in total. The van der Waals surface area contributed by atoms with Crippen molar-refractivity contribution in [2.75, 3.05) is 0 Å². The summed E-state index contributed by atoms with van der Waals surface area (Å²) in [5.41, 5.74) is 0.234. The van der Waals surface area contributed by atoms with E-state index in [4.69, 9.17) is 0 Å². The molecule has 1 saturated carbocycles. The number of hydrogen-bond donors (Lipinski definition) is 2. The average Bonchev–Trinajstić information content (AvgIpc) is 2.93. The van der Waals surface area contributed by atoms with Gasteiger partial charge in [-0.15, -0.1) is 0 Å². The lowest BCUT2D eigenvalue weighted by Crippen LogP contribution is -2.16. The van der Waals surface area contributed by atoms with Crippen LogP contribution in [0, 0.1) is 0 Å². The minimum absolute atomic E-state index is 0.0856. The summed E-state index contributed by atoms with van der Waals surface area (Å²) in [6, 6.07) is 0. The molecule has 14 heavy (non-hydrogen) atoms. The van der Waals surface area contributed by atoms with Crippen molar-refractivity contribution in [1.82, 2.24) is 9.97 Å². The highest BCUT2D eigenvalue weighted by Crippen LogP contribution is 2.38. The third-order valence-electron chi connectivity index (χ3n) is 2.48. The largest absolute Gasteiger partial charge is 0.493 e. The highest BCUT2D eigenvalue weighted by molar-refractivity contribution is 5.24. The van der Waals surface area contributed by atoms with Crippen molar-refractivity contribution in [3.63, 3.8) is 0 Å². The monoisotopic (exact) mass is 194 g/mol. The molecule has 1 aliphatic carbocycles. The van der Waals surface area contributed by atoms with Crippen molar-refractivity contribution in [1.29, 1.82) is 0 Å². The third kappa shape index (κ3) is 1.64. The Bertz CT molecular complexity index is 394. The quantitative estimate of drug-likeness (QED) is 0.762. The lowest BCUT2D eigenvalue weighted by molar-refractivity contribution is 0.439. The lowest BCUT2D eigenvalue weighted by atomic mass is 10.2. The van der Waals surface area contributed by atoms with E-state index in [1.807, 2.05) is 6.92 Å². The summed E-state index contributed by atoms with van der Waals surface area (Å²) in [6.07, 6.45) is 3.55. The van der Waals surface area contributed by atoms with Crippen LogP contribution in [0.4, 0.5) is 0 Å². The van der Waals surface area contributed by atoms with Gasteiger partial charge < -0.3 is 10.1 Å². The van der Waals surface area contributed by atoms with Crippen molar-refractivity contribution in [2.24, 2.45) is 0 Å². The second-order valence-corrected chi connectivity index (χ2v) is 3.78. The van der Waals surface area contributed by atoms with Gasteiger partial charge in [0.15, 0.2) is 0 Å². The zero-order valence-corrected chi connectivity index (χ0v) is 8.21. The fourth-order valence-corrected chi connectivity index (χ4v) is 1.53. The summed E-state index contributed by atoms with van der Waals surface area (Å²) in [6.45, 7) is 1.97. The summed E-state index contributed by atoms with van der Waals surface area (Å²) in [5.74, 6) is 0.925. The number of aromatic nitrogens is 2. The van der Waals surface area contributed by atoms with Crippen LogP contribution < -0.4 is 5.56 Å². The fraction of sp³-hybridized carbons (Fsp3) is 0.600. The van der Waals surface area contributed by atoms with Crippen LogP contribution in [0.15, 0.2) is 4.79 Å². The van der Waals surface area contributed by atoms with Crippen molar-refractivity contribution < 1.29 is 5.11 Å². The van der Waals surface area contributed by atoms with Crippen LogP contribution in [0.1, 0.15) is 43.5 Å². The highest BCUT2D eigenvalue weighted by atomic mass is 16.3. The maximum atomic E-state index is 11.5. The summed E-state index contributed by atoms with van der Waals surface area (Å²) < 4.78 is 0. The number of rotatable bonds is 3. The van der Waals surface area contributed by atoms with Gasteiger partial charge in [0.2, 0.25) is 5.88 Å². The first-order valence-corrected chi connectivity index (χ1v) is 5.04.